The Balaban J connectivity index is 0.00000512. The van der Waals surface area contributed by atoms with Gasteiger partial charge in [-0.3, -0.25) is 9.59 Å². The second-order valence-corrected chi connectivity index (χ2v) is 7.51. The summed E-state index contributed by atoms with van der Waals surface area (Å²) in [4.78, 5) is 39.6. The molecule has 1 unspecified atom stereocenters. The average Bonchev–Trinajstić information content (AvgIpc) is 2.77. The first kappa shape index (κ1) is 27.1. The number of nitrogens with one attached hydrogen (secondary N) is 2. The number of benzene rings is 2. The minimum absolute atomic E-state index is 0. The zero-order valence-electron chi connectivity index (χ0n) is 18.3. The first-order valence-corrected chi connectivity index (χ1v) is 10.6. The molecule has 0 saturated heterocycles. The molecule has 0 fully saturated rings. The highest BCUT2D eigenvalue weighted by Gasteiger charge is 2.10. The van der Waals surface area contributed by atoms with Crippen molar-refractivity contribution in [2.75, 3.05) is 6.54 Å². The summed E-state index contributed by atoms with van der Waals surface area (Å²) in [6, 6.07) is 17.7. The van der Waals surface area contributed by atoms with Crippen LogP contribution in [0.3, 0.4) is 0 Å². The summed E-state index contributed by atoms with van der Waals surface area (Å²) in [5.74, 6) is -1.40. The number of amides is 2. The van der Waals surface area contributed by atoms with Crippen molar-refractivity contribution < 1.29 is 19.2 Å². The van der Waals surface area contributed by atoms with Gasteiger partial charge in [-0.05, 0) is 49.3 Å². The van der Waals surface area contributed by atoms with E-state index in [0.29, 0.717) is 0 Å². The molecule has 8 heteroatoms. The van der Waals surface area contributed by atoms with Crippen LogP contribution >= 0.6 is 12.4 Å². The van der Waals surface area contributed by atoms with E-state index in [1.54, 1.807) is 6.92 Å². The Kier molecular flexibility index (Phi) is 12.7. The summed E-state index contributed by atoms with van der Waals surface area (Å²) in [5.41, 5.74) is 11.0. The van der Waals surface area contributed by atoms with E-state index in [1.165, 1.54) is 11.1 Å². The first-order valence-electron chi connectivity index (χ1n) is 10.6. The Morgan fingerprint density at radius 2 is 1.47 bits per heavy atom. The number of carbonyl (C=O) groups is 3. The number of halogens is 1. The molecule has 0 aliphatic heterocycles. The Morgan fingerprint density at radius 1 is 0.906 bits per heavy atom. The van der Waals surface area contributed by atoms with Gasteiger partial charge in [0.2, 0.25) is 5.91 Å². The van der Waals surface area contributed by atoms with E-state index in [-0.39, 0.29) is 37.7 Å². The number of carbonyl (C=O) groups excluding carboxylic acids is 3. The second-order valence-electron chi connectivity index (χ2n) is 7.51. The lowest BCUT2D eigenvalue weighted by Gasteiger charge is -2.08. The van der Waals surface area contributed by atoms with E-state index in [9.17, 15) is 14.4 Å². The SMILES string of the molecule is CC(N)C(=O)NCCC(=O)ONC(=O)Cc1ccc(CCCCc2ccccc2)cc1.Cl. The Labute approximate surface area is 195 Å². The molecule has 0 aliphatic rings. The molecule has 2 amide bonds. The van der Waals surface area contributed by atoms with Crippen LogP contribution < -0.4 is 16.5 Å². The van der Waals surface area contributed by atoms with Gasteiger partial charge in [0, 0.05) is 6.54 Å². The Morgan fingerprint density at radius 3 is 2.06 bits per heavy atom. The first-order chi connectivity index (χ1) is 14.9. The van der Waals surface area contributed by atoms with Crippen LogP contribution in [0.4, 0.5) is 0 Å². The molecule has 2 aromatic rings. The fourth-order valence-electron chi connectivity index (χ4n) is 2.96. The van der Waals surface area contributed by atoms with Crippen molar-refractivity contribution in [3.8, 4) is 0 Å². The third-order valence-electron chi connectivity index (χ3n) is 4.73. The highest BCUT2D eigenvalue weighted by Crippen LogP contribution is 2.11. The number of rotatable bonds is 11. The maximum absolute atomic E-state index is 11.9. The molecule has 7 nitrogen and oxygen atoms in total. The van der Waals surface area contributed by atoms with Crippen molar-refractivity contribution in [3.63, 3.8) is 0 Å². The lowest BCUT2D eigenvalue weighted by molar-refractivity contribution is -0.158. The van der Waals surface area contributed by atoms with Gasteiger partial charge in [-0.15, -0.1) is 12.4 Å². The third kappa shape index (κ3) is 10.9. The average molecular weight is 462 g/mol. The minimum Gasteiger partial charge on any atom is -0.354 e. The van der Waals surface area contributed by atoms with Crippen LogP contribution in [-0.4, -0.2) is 30.4 Å². The third-order valence-corrected chi connectivity index (χ3v) is 4.73. The van der Waals surface area contributed by atoms with E-state index in [1.807, 2.05) is 30.3 Å². The number of aryl methyl sites for hydroxylation is 2. The lowest BCUT2D eigenvalue weighted by Crippen LogP contribution is -2.39. The topological polar surface area (TPSA) is 111 Å². The molecule has 0 aliphatic carbocycles. The molecule has 1 atom stereocenters. The molecule has 0 saturated carbocycles. The highest BCUT2D eigenvalue weighted by atomic mass is 35.5. The van der Waals surface area contributed by atoms with Crippen LogP contribution in [0, 0.1) is 0 Å². The predicted octanol–water partition coefficient (Wildman–Crippen LogP) is 2.64. The maximum Gasteiger partial charge on any atom is 0.334 e. The van der Waals surface area contributed by atoms with Crippen LogP contribution in [0.1, 0.15) is 42.9 Å². The Hall–Kier alpha value is -2.90. The summed E-state index contributed by atoms with van der Waals surface area (Å²) in [7, 11) is 0. The van der Waals surface area contributed by atoms with Gasteiger partial charge in [0.15, 0.2) is 0 Å². The summed E-state index contributed by atoms with van der Waals surface area (Å²) in [5, 5.41) is 2.49. The van der Waals surface area contributed by atoms with E-state index in [0.717, 1.165) is 31.2 Å². The number of nitrogens with two attached hydrogens (primary N) is 1. The summed E-state index contributed by atoms with van der Waals surface area (Å²) in [6.07, 6.45) is 4.37. The van der Waals surface area contributed by atoms with Gasteiger partial charge >= 0.3 is 5.97 Å². The van der Waals surface area contributed by atoms with Crippen LogP contribution in [0.5, 0.6) is 0 Å². The molecule has 0 bridgehead atoms. The molecule has 0 aromatic heterocycles. The highest BCUT2D eigenvalue weighted by molar-refractivity contribution is 5.85. The fraction of sp³-hybridized carbons (Fsp3) is 0.375. The molecule has 2 rings (SSSR count). The van der Waals surface area contributed by atoms with Gasteiger partial charge in [-0.2, -0.15) is 5.48 Å². The van der Waals surface area contributed by atoms with Crippen molar-refractivity contribution in [3.05, 3.63) is 71.3 Å². The van der Waals surface area contributed by atoms with E-state index >= 15 is 0 Å². The quantitative estimate of drug-likeness (QED) is 0.352. The van der Waals surface area contributed by atoms with E-state index < -0.39 is 17.9 Å². The van der Waals surface area contributed by atoms with E-state index in [2.05, 4.69) is 35.1 Å². The molecule has 2 aromatic carbocycles. The standard InChI is InChI=1S/C24H31N3O4.ClH/c1-18(25)24(30)26-16-15-23(29)31-27-22(28)17-21-13-11-20(12-14-21)10-6-5-9-19-7-3-2-4-8-19;/h2-4,7-8,11-14,18H,5-6,9-10,15-17,25H2,1H3,(H,26,30)(H,27,28);1H. The molecule has 0 radical (unpaired) electrons. The number of hydrogen-bond donors (Lipinski definition) is 3. The molecule has 4 N–H and O–H groups in total. The van der Waals surface area contributed by atoms with Gasteiger partial charge < -0.3 is 15.9 Å². The second kappa shape index (κ2) is 15.0. The van der Waals surface area contributed by atoms with Crippen molar-refractivity contribution in [2.45, 2.75) is 51.5 Å². The van der Waals surface area contributed by atoms with Crippen LogP contribution in [0.2, 0.25) is 0 Å². The predicted molar refractivity (Wildman–Crippen MR) is 126 cm³/mol. The maximum atomic E-state index is 11.9. The van der Waals surface area contributed by atoms with Crippen molar-refractivity contribution in [1.82, 2.24) is 10.8 Å². The zero-order valence-corrected chi connectivity index (χ0v) is 19.2. The van der Waals surface area contributed by atoms with Gasteiger partial charge in [0.05, 0.1) is 18.9 Å². The van der Waals surface area contributed by atoms with Gasteiger partial charge in [-0.25, -0.2) is 4.79 Å². The molecule has 0 heterocycles. The number of hydroxylamine groups is 1. The summed E-state index contributed by atoms with van der Waals surface area (Å²) < 4.78 is 0. The van der Waals surface area contributed by atoms with Gasteiger partial charge in [0.25, 0.3) is 5.91 Å². The van der Waals surface area contributed by atoms with E-state index in [4.69, 9.17) is 10.6 Å². The Bertz CT molecular complexity index is 842. The molecular formula is C24H32ClN3O4. The largest absolute Gasteiger partial charge is 0.354 e. The minimum atomic E-state index is -0.642. The number of unbranched alkanes of at least 4 members (excludes halogenated alkanes) is 1. The van der Waals surface area contributed by atoms with Crippen LogP contribution in [0.25, 0.3) is 0 Å². The normalized spacial score (nSPS) is 11.1. The molecular weight excluding hydrogens is 430 g/mol. The van der Waals surface area contributed by atoms with Crippen molar-refractivity contribution >= 4 is 30.2 Å². The van der Waals surface area contributed by atoms with Gasteiger partial charge in [0.1, 0.15) is 0 Å². The van der Waals surface area contributed by atoms with Gasteiger partial charge in [-0.1, -0.05) is 54.6 Å². The van der Waals surface area contributed by atoms with Crippen molar-refractivity contribution in [1.29, 1.82) is 0 Å². The number of hydrogen-bond acceptors (Lipinski definition) is 5. The summed E-state index contributed by atoms with van der Waals surface area (Å²) >= 11 is 0. The lowest BCUT2D eigenvalue weighted by atomic mass is 10.0. The monoisotopic (exact) mass is 461 g/mol. The van der Waals surface area contributed by atoms with Crippen molar-refractivity contribution in [2.24, 2.45) is 5.73 Å². The zero-order chi connectivity index (χ0) is 22.5. The fourth-order valence-corrected chi connectivity index (χ4v) is 2.96. The van der Waals surface area contributed by atoms with Crippen LogP contribution in [0.15, 0.2) is 54.6 Å². The molecule has 32 heavy (non-hydrogen) atoms. The van der Waals surface area contributed by atoms with Crippen LogP contribution in [-0.2, 0) is 38.5 Å². The summed E-state index contributed by atoms with van der Waals surface area (Å²) in [6.45, 7) is 1.65. The molecule has 0 spiro atoms. The molecule has 174 valence electrons. The smallest absolute Gasteiger partial charge is 0.334 e.